The van der Waals surface area contributed by atoms with Gasteiger partial charge in [-0.1, -0.05) is 11.8 Å². The van der Waals surface area contributed by atoms with Crippen LogP contribution in [-0.4, -0.2) is 25.8 Å². The Bertz CT molecular complexity index is 640. The van der Waals surface area contributed by atoms with Crippen molar-refractivity contribution >= 4 is 17.7 Å². The number of hydrogen-bond donors (Lipinski definition) is 2. The van der Waals surface area contributed by atoms with E-state index in [1.807, 2.05) is 13.8 Å². The van der Waals surface area contributed by atoms with E-state index in [0.717, 1.165) is 0 Å². The van der Waals surface area contributed by atoms with Crippen LogP contribution >= 0.6 is 11.8 Å². The lowest BCUT2D eigenvalue weighted by Crippen LogP contribution is -2.19. The molecular formula is C11H13N3O4S. The van der Waals surface area contributed by atoms with E-state index in [0.29, 0.717) is 16.7 Å². The molecule has 19 heavy (non-hydrogen) atoms. The van der Waals surface area contributed by atoms with Crippen molar-refractivity contribution in [1.82, 2.24) is 14.8 Å². The molecule has 102 valence electrons. The van der Waals surface area contributed by atoms with Gasteiger partial charge >= 0.3 is 11.7 Å². The first-order valence-electron chi connectivity index (χ1n) is 5.60. The number of carboxylic acid groups (broad SMARTS) is 1. The number of aromatic nitrogens is 3. The molecule has 0 aliphatic rings. The number of rotatable bonds is 5. The third-order valence-electron chi connectivity index (χ3n) is 2.50. The zero-order valence-electron chi connectivity index (χ0n) is 10.4. The smallest absolute Gasteiger partial charge is 0.344 e. The summed E-state index contributed by atoms with van der Waals surface area (Å²) in [6.07, 6.45) is 1.33. The first-order valence-corrected chi connectivity index (χ1v) is 6.58. The molecule has 0 aliphatic heterocycles. The van der Waals surface area contributed by atoms with E-state index < -0.39 is 5.97 Å². The summed E-state index contributed by atoms with van der Waals surface area (Å²) in [5.41, 5.74) is -0.156. The number of thioether (sulfide) groups is 1. The van der Waals surface area contributed by atoms with Crippen LogP contribution in [-0.2, 0) is 5.75 Å². The molecule has 0 saturated heterocycles. The Labute approximate surface area is 112 Å². The van der Waals surface area contributed by atoms with Crippen molar-refractivity contribution in [2.24, 2.45) is 0 Å². The molecular weight excluding hydrogens is 270 g/mol. The van der Waals surface area contributed by atoms with E-state index in [9.17, 15) is 9.59 Å². The summed E-state index contributed by atoms with van der Waals surface area (Å²) in [6.45, 7) is 3.74. The summed E-state index contributed by atoms with van der Waals surface area (Å²) in [5.74, 6) is -0.387. The van der Waals surface area contributed by atoms with Crippen LogP contribution < -0.4 is 5.69 Å². The van der Waals surface area contributed by atoms with E-state index in [1.54, 1.807) is 0 Å². The number of aromatic amines is 1. The first-order chi connectivity index (χ1) is 9.00. The molecule has 0 bridgehead atoms. The fraction of sp³-hybridized carbons (Fsp3) is 0.364. The highest BCUT2D eigenvalue weighted by molar-refractivity contribution is 7.98. The molecule has 0 unspecified atom stereocenters. The lowest BCUT2D eigenvalue weighted by atomic mass is 10.3. The van der Waals surface area contributed by atoms with E-state index in [-0.39, 0.29) is 17.3 Å². The number of nitrogens with zero attached hydrogens (tertiary/aromatic N) is 2. The van der Waals surface area contributed by atoms with Crippen LogP contribution in [0.5, 0.6) is 0 Å². The van der Waals surface area contributed by atoms with Crippen LogP contribution in [0.4, 0.5) is 0 Å². The van der Waals surface area contributed by atoms with Crippen molar-refractivity contribution in [3.05, 3.63) is 34.1 Å². The molecule has 8 heteroatoms. The Kier molecular flexibility index (Phi) is 3.79. The normalized spacial score (nSPS) is 11.1. The molecule has 2 aromatic rings. The maximum Gasteiger partial charge on any atom is 0.344 e. The minimum Gasteiger partial charge on any atom is -0.478 e. The van der Waals surface area contributed by atoms with Gasteiger partial charge in [0.2, 0.25) is 0 Å². The summed E-state index contributed by atoms with van der Waals surface area (Å²) < 4.78 is 6.64. The average Bonchev–Trinajstić information content (AvgIpc) is 2.92. The van der Waals surface area contributed by atoms with Crippen LogP contribution in [0.15, 0.2) is 26.7 Å². The maximum atomic E-state index is 11.5. The van der Waals surface area contributed by atoms with Gasteiger partial charge in [0.1, 0.15) is 11.3 Å². The summed E-state index contributed by atoms with van der Waals surface area (Å²) in [6, 6.07) is 1.38. The fourth-order valence-electron chi connectivity index (χ4n) is 1.62. The molecule has 0 atom stereocenters. The standard InChI is InChI=1S/C11H13N3O4S/c1-6(2)14-10(17)12-13-11(14)19-5-8-7(9(15)16)3-4-18-8/h3-4,6H,5H2,1-2H3,(H,12,17)(H,15,16). The van der Waals surface area contributed by atoms with E-state index in [1.165, 1.54) is 28.7 Å². The molecule has 2 aromatic heterocycles. The molecule has 2 rings (SSSR count). The van der Waals surface area contributed by atoms with Crippen LogP contribution in [0.2, 0.25) is 0 Å². The van der Waals surface area contributed by atoms with Crippen LogP contribution in [0.3, 0.4) is 0 Å². The van der Waals surface area contributed by atoms with Gasteiger partial charge in [0, 0.05) is 6.04 Å². The fourth-order valence-corrected chi connectivity index (χ4v) is 2.65. The van der Waals surface area contributed by atoms with Crippen molar-refractivity contribution < 1.29 is 14.3 Å². The topological polar surface area (TPSA) is 101 Å². The molecule has 2 N–H and O–H groups in total. The molecule has 0 fully saturated rings. The quantitative estimate of drug-likeness (QED) is 0.810. The molecule has 7 nitrogen and oxygen atoms in total. The van der Waals surface area contributed by atoms with E-state index in [2.05, 4.69) is 10.2 Å². The lowest BCUT2D eigenvalue weighted by Gasteiger charge is -2.07. The molecule has 0 aliphatic carbocycles. The van der Waals surface area contributed by atoms with Gasteiger partial charge in [0.25, 0.3) is 0 Å². The number of furan rings is 1. The van der Waals surface area contributed by atoms with Gasteiger partial charge in [-0.15, -0.1) is 5.10 Å². The van der Waals surface area contributed by atoms with E-state index >= 15 is 0 Å². The Hall–Kier alpha value is -1.96. The largest absolute Gasteiger partial charge is 0.478 e. The van der Waals surface area contributed by atoms with Crippen LogP contribution in [0.25, 0.3) is 0 Å². The second kappa shape index (κ2) is 5.35. The van der Waals surface area contributed by atoms with Crippen LogP contribution in [0, 0.1) is 0 Å². The third-order valence-corrected chi connectivity index (χ3v) is 3.45. The number of carboxylic acids is 1. The zero-order valence-corrected chi connectivity index (χ0v) is 11.2. The predicted molar refractivity (Wildman–Crippen MR) is 68.5 cm³/mol. The number of carbonyl (C=O) groups is 1. The molecule has 0 amide bonds. The minimum atomic E-state index is -1.03. The summed E-state index contributed by atoms with van der Waals surface area (Å²) in [4.78, 5) is 22.5. The summed E-state index contributed by atoms with van der Waals surface area (Å²) >= 11 is 1.25. The van der Waals surface area contributed by atoms with Crippen molar-refractivity contribution in [2.75, 3.05) is 0 Å². The molecule has 0 saturated carbocycles. The van der Waals surface area contributed by atoms with Crippen molar-refractivity contribution in [2.45, 2.75) is 30.8 Å². The third kappa shape index (κ3) is 2.73. The predicted octanol–water partition coefficient (Wildman–Crippen LogP) is 1.74. The van der Waals surface area contributed by atoms with Gasteiger partial charge in [-0.25, -0.2) is 14.7 Å². The molecule has 2 heterocycles. The van der Waals surface area contributed by atoms with Crippen molar-refractivity contribution in [3.63, 3.8) is 0 Å². The van der Waals surface area contributed by atoms with Crippen molar-refractivity contribution in [1.29, 1.82) is 0 Å². The maximum absolute atomic E-state index is 11.5. The molecule has 0 aromatic carbocycles. The average molecular weight is 283 g/mol. The SMILES string of the molecule is CC(C)n1c(SCc2occc2C(=O)O)n[nH]c1=O. The van der Waals surface area contributed by atoms with Gasteiger partial charge in [-0.2, -0.15) is 0 Å². The Balaban J connectivity index is 2.17. The number of H-pyrrole nitrogens is 1. The Morgan fingerprint density at radius 3 is 3.00 bits per heavy atom. The highest BCUT2D eigenvalue weighted by atomic mass is 32.2. The van der Waals surface area contributed by atoms with Gasteiger partial charge in [0.15, 0.2) is 5.16 Å². The van der Waals surface area contributed by atoms with Gasteiger partial charge in [0.05, 0.1) is 12.0 Å². The lowest BCUT2D eigenvalue weighted by molar-refractivity contribution is 0.0695. The first kappa shape index (κ1) is 13.5. The Morgan fingerprint density at radius 2 is 2.37 bits per heavy atom. The second-order valence-corrected chi connectivity index (χ2v) is 5.07. The Morgan fingerprint density at radius 1 is 1.63 bits per heavy atom. The second-order valence-electron chi connectivity index (χ2n) is 4.13. The monoisotopic (exact) mass is 283 g/mol. The van der Waals surface area contributed by atoms with Gasteiger partial charge < -0.3 is 9.52 Å². The van der Waals surface area contributed by atoms with Crippen molar-refractivity contribution in [3.8, 4) is 0 Å². The highest BCUT2D eigenvalue weighted by Crippen LogP contribution is 2.24. The highest BCUT2D eigenvalue weighted by Gasteiger charge is 2.16. The number of nitrogens with one attached hydrogen (secondary N) is 1. The van der Waals surface area contributed by atoms with Crippen LogP contribution in [0.1, 0.15) is 36.0 Å². The van der Waals surface area contributed by atoms with E-state index in [4.69, 9.17) is 9.52 Å². The van der Waals surface area contributed by atoms with Gasteiger partial charge in [-0.05, 0) is 19.9 Å². The van der Waals surface area contributed by atoms with Gasteiger partial charge in [-0.3, -0.25) is 4.57 Å². The zero-order chi connectivity index (χ0) is 14.0. The number of hydrogen-bond acceptors (Lipinski definition) is 5. The minimum absolute atomic E-state index is 0.0238. The molecule has 0 radical (unpaired) electrons. The number of aromatic carboxylic acids is 1. The molecule has 0 spiro atoms. The summed E-state index contributed by atoms with van der Waals surface area (Å²) in [7, 11) is 0. The summed E-state index contributed by atoms with van der Waals surface area (Å²) in [5, 5.41) is 15.7.